The van der Waals surface area contributed by atoms with Crippen LogP contribution >= 0.6 is 0 Å². The van der Waals surface area contributed by atoms with Gasteiger partial charge in [-0.15, -0.1) is 0 Å². The highest BCUT2D eigenvalue weighted by Crippen LogP contribution is 2.29. The molecule has 98 valence electrons. The highest BCUT2D eigenvalue weighted by atomic mass is 16.3. The van der Waals surface area contributed by atoms with Crippen LogP contribution in [0.4, 0.5) is 0 Å². The molecule has 2 aliphatic heterocycles. The van der Waals surface area contributed by atoms with E-state index in [2.05, 4.69) is 10.6 Å². The molecule has 2 fully saturated rings. The van der Waals surface area contributed by atoms with Crippen LogP contribution < -0.4 is 10.6 Å². The Bertz CT molecular complexity index is 287. The van der Waals surface area contributed by atoms with Gasteiger partial charge in [-0.25, -0.2) is 0 Å². The summed E-state index contributed by atoms with van der Waals surface area (Å²) in [6, 6.07) is -0.102. The molecule has 2 aliphatic rings. The van der Waals surface area contributed by atoms with Gasteiger partial charge < -0.3 is 20.6 Å². The quantitative estimate of drug-likeness (QED) is 0.560. The van der Waals surface area contributed by atoms with Crippen LogP contribution in [0.2, 0.25) is 0 Å². The number of piperidine rings is 1. The minimum absolute atomic E-state index is 0.102. The molecule has 0 saturated carbocycles. The van der Waals surface area contributed by atoms with Crippen molar-refractivity contribution in [2.45, 2.75) is 32.4 Å². The fourth-order valence-corrected chi connectivity index (χ4v) is 2.58. The van der Waals surface area contributed by atoms with Crippen LogP contribution in [0.3, 0.4) is 0 Å². The number of hydrogen-bond acceptors (Lipinski definition) is 4. The molecule has 2 unspecified atom stereocenters. The molecule has 2 rings (SSSR count). The van der Waals surface area contributed by atoms with Crippen LogP contribution in [-0.4, -0.2) is 60.8 Å². The van der Waals surface area contributed by atoms with E-state index >= 15 is 0 Å². The largest absolute Gasteiger partial charge is 0.392 e. The number of aliphatic hydroxyl groups excluding tert-OH is 1. The monoisotopic (exact) mass is 241 g/mol. The summed E-state index contributed by atoms with van der Waals surface area (Å²) in [6.45, 7) is 7.82. The van der Waals surface area contributed by atoms with E-state index in [4.69, 9.17) is 0 Å². The zero-order chi connectivity index (χ0) is 12.5. The lowest BCUT2D eigenvalue weighted by molar-refractivity contribution is -0.140. The number of amides is 1. The molecule has 0 aromatic rings. The molecule has 0 aromatic heterocycles. The minimum Gasteiger partial charge on any atom is -0.392 e. The Labute approximate surface area is 103 Å². The maximum absolute atomic E-state index is 12.3. The van der Waals surface area contributed by atoms with Gasteiger partial charge in [0, 0.05) is 38.1 Å². The average molecular weight is 241 g/mol. The van der Waals surface area contributed by atoms with Gasteiger partial charge in [0.25, 0.3) is 0 Å². The number of aliphatic hydroxyl groups is 1. The van der Waals surface area contributed by atoms with Gasteiger partial charge in [-0.3, -0.25) is 4.79 Å². The van der Waals surface area contributed by atoms with Crippen LogP contribution in [0.25, 0.3) is 0 Å². The zero-order valence-corrected chi connectivity index (χ0v) is 10.7. The van der Waals surface area contributed by atoms with Crippen LogP contribution in [0.5, 0.6) is 0 Å². The van der Waals surface area contributed by atoms with Crippen molar-refractivity contribution in [2.24, 2.45) is 5.41 Å². The van der Waals surface area contributed by atoms with Gasteiger partial charge in [0.1, 0.15) is 0 Å². The molecule has 17 heavy (non-hydrogen) atoms. The number of piperazine rings is 1. The fourth-order valence-electron chi connectivity index (χ4n) is 2.58. The molecule has 2 atom stereocenters. The second kappa shape index (κ2) is 4.92. The van der Waals surface area contributed by atoms with Gasteiger partial charge in [-0.1, -0.05) is 13.8 Å². The third-order valence-corrected chi connectivity index (χ3v) is 3.82. The molecule has 0 aliphatic carbocycles. The predicted molar refractivity (Wildman–Crippen MR) is 65.6 cm³/mol. The number of nitrogens with zero attached hydrogens (tertiary/aromatic N) is 1. The summed E-state index contributed by atoms with van der Waals surface area (Å²) in [5.41, 5.74) is -0.198. The number of carbonyl (C=O) groups is 1. The average Bonchev–Trinajstić information content (AvgIpc) is 2.33. The van der Waals surface area contributed by atoms with Crippen LogP contribution in [-0.2, 0) is 4.79 Å². The molecule has 3 N–H and O–H groups in total. The second-order valence-corrected chi connectivity index (χ2v) is 5.76. The predicted octanol–water partition coefficient (Wildman–Crippen LogP) is -0.833. The Morgan fingerprint density at radius 3 is 2.76 bits per heavy atom. The lowest BCUT2D eigenvalue weighted by Crippen LogP contribution is -2.60. The summed E-state index contributed by atoms with van der Waals surface area (Å²) in [5, 5.41) is 16.3. The molecule has 0 radical (unpaired) electrons. The van der Waals surface area contributed by atoms with Crippen molar-refractivity contribution >= 4 is 5.91 Å². The van der Waals surface area contributed by atoms with Crippen molar-refractivity contribution in [2.75, 3.05) is 32.7 Å². The van der Waals surface area contributed by atoms with E-state index in [9.17, 15) is 9.90 Å². The van der Waals surface area contributed by atoms with Crippen molar-refractivity contribution < 1.29 is 9.90 Å². The highest BCUT2D eigenvalue weighted by molar-refractivity contribution is 5.82. The zero-order valence-electron chi connectivity index (χ0n) is 10.7. The molecule has 0 spiro atoms. The van der Waals surface area contributed by atoms with E-state index in [-0.39, 0.29) is 23.5 Å². The smallest absolute Gasteiger partial charge is 0.241 e. The summed E-state index contributed by atoms with van der Waals surface area (Å²) >= 11 is 0. The maximum atomic E-state index is 12.3. The Kier molecular flexibility index (Phi) is 3.70. The summed E-state index contributed by atoms with van der Waals surface area (Å²) in [7, 11) is 0. The molecular weight excluding hydrogens is 218 g/mol. The molecule has 2 heterocycles. The molecule has 1 amide bonds. The van der Waals surface area contributed by atoms with Crippen LogP contribution in [0.15, 0.2) is 0 Å². The van der Waals surface area contributed by atoms with Gasteiger partial charge in [0.15, 0.2) is 0 Å². The molecule has 0 aromatic carbocycles. The van der Waals surface area contributed by atoms with E-state index < -0.39 is 0 Å². The summed E-state index contributed by atoms with van der Waals surface area (Å²) in [5.74, 6) is 0.164. The number of likely N-dealkylation sites (tertiary alicyclic amines) is 1. The third-order valence-electron chi connectivity index (χ3n) is 3.82. The topological polar surface area (TPSA) is 64.6 Å². The van der Waals surface area contributed by atoms with Crippen molar-refractivity contribution in [3.8, 4) is 0 Å². The Balaban J connectivity index is 1.95. The van der Waals surface area contributed by atoms with Gasteiger partial charge in [-0.05, 0) is 6.42 Å². The normalized spacial score (nSPS) is 33.5. The van der Waals surface area contributed by atoms with Crippen molar-refractivity contribution in [1.82, 2.24) is 15.5 Å². The van der Waals surface area contributed by atoms with E-state index in [0.717, 1.165) is 13.1 Å². The number of nitrogens with one attached hydrogen (secondary N) is 2. The first-order chi connectivity index (χ1) is 8.00. The van der Waals surface area contributed by atoms with Crippen LogP contribution in [0.1, 0.15) is 20.3 Å². The standard InChI is InChI=1S/C12H23N3O2/c1-12(2)8-15(6-3-10(12)16)11(17)9-7-13-4-5-14-9/h9-10,13-14,16H,3-8H2,1-2H3. The number of rotatable bonds is 1. The number of carbonyl (C=O) groups excluding carboxylic acids is 1. The molecule has 0 bridgehead atoms. The second-order valence-electron chi connectivity index (χ2n) is 5.76. The van der Waals surface area contributed by atoms with E-state index in [1.54, 1.807) is 0 Å². The number of hydrogen-bond donors (Lipinski definition) is 3. The third kappa shape index (κ3) is 2.78. The maximum Gasteiger partial charge on any atom is 0.241 e. The minimum atomic E-state index is -0.302. The first-order valence-electron chi connectivity index (χ1n) is 6.42. The first kappa shape index (κ1) is 12.8. The lowest BCUT2D eigenvalue weighted by Gasteiger charge is -2.43. The van der Waals surface area contributed by atoms with E-state index in [1.807, 2.05) is 18.7 Å². The molecule has 2 saturated heterocycles. The Morgan fingerprint density at radius 2 is 2.18 bits per heavy atom. The van der Waals surface area contributed by atoms with Crippen LogP contribution in [0, 0.1) is 5.41 Å². The summed E-state index contributed by atoms with van der Waals surface area (Å²) < 4.78 is 0. The Morgan fingerprint density at radius 1 is 1.41 bits per heavy atom. The van der Waals surface area contributed by atoms with Crippen molar-refractivity contribution in [3.63, 3.8) is 0 Å². The van der Waals surface area contributed by atoms with Gasteiger partial charge in [0.2, 0.25) is 5.91 Å². The van der Waals surface area contributed by atoms with E-state index in [0.29, 0.717) is 26.1 Å². The SMILES string of the molecule is CC1(C)CN(C(=O)C2CNCCN2)CCC1O. The highest BCUT2D eigenvalue weighted by Gasteiger charge is 2.38. The first-order valence-corrected chi connectivity index (χ1v) is 6.42. The van der Waals surface area contributed by atoms with Crippen molar-refractivity contribution in [1.29, 1.82) is 0 Å². The summed E-state index contributed by atoms with van der Waals surface area (Å²) in [6.07, 6.45) is 0.378. The molecular formula is C12H23N3O2. The van der Waals surface area contributed by atoms with Gasteiger partial charge in [-0.2, -0.15) is 0 Å². The summed E-state index contributed by atoms with van der Waals surface area (Å²) in [4.78, 5) is 14.2. The molecule has 5 nitrogen and oxygen atoms in total. The van der Waals surface area contributed by atoms with Gasteiger partial charge >= 0.3 is 0 Å². The Hall–Kier alpha value is -0.650. The van der Waals surface area contributed by atoms with Gasteiger partial charge in [0.05, 0.1) is 12.1 Å². The molecule has 5 heteroatoms. The van der Waals surface area contributed by atoms with E-state index in [1.165, 1.54) is 0 Å². The lowest BCUT2D eigenvalue weighted by atomic mass is 9.81. The fraction of sp³-hybridized carbons (Fsp3) is 0.917. The van der Waals surface area contributed by atoms with Crippen molar-refractivity contribution in [3.05, 3.63) is 0 Å².